The van der Waals surface area contributed by atoms with Gasteiger partial charge >= 0.3 is 17.9 Å². The molecule has 0 bridgehead atoms. The van der Waals surface area contributed by atoms with Gasteiger partial charge in [0.1, 0.15) is 10.0 Å². The van der Waals surface area contributed by atoms with Crippen LogP contribution in [0.3, 0.4) is 0 Å². The fourth-order valence-electron chi connectivity index (χ4n) is 8.46. The van der Waals surface area contributed by atoms with Gasteiger partial charge < -0.3 is 30.9 Å². The highest BCUT2D eigenvalue weighted by atomic mass is 35.5. The molecule has 84 heavy (non-hydrogen) atoms. The van der Waals surface area contributed by atoms with Crippen LogP contribution in [0, 0.1) is 0 Å². The van der Waals surface area contributed by atoms with Crippen LogP contribution in [0.4, 0.5) is 17.1 Å². The number of hydrogen-bond donors (Lipinski definition) is 4. The Hall–Kier alpha value is -9.00. The van der Waals surface area contributed by atoms with Crippen LogP contribution in [0.5, 0.6) is 0 Å². The second kappa shape index (κ2) is 28.3. The van der Waals surface area contributed by atoms with Gasteiger partial charge in [-0.3, -0.25) is 4.79 Å². The normalized spacial score (nSPS) is 10.6. The predicted molar refractivity (Wildman–Crippen MR) is 344 cm³/mol. The van der Waals surface area contributed by atoms with Gasteiger partial charge in [0.2, 0.25) is 0 Å². The van der Waals surface area contributed by atoms with E-state index in [0.717, 1.165) is 93.8 Å². The zero-order chi connectivity index (χ0) is 59.1. The number of nitrogens with zero attached hydrogens (tertiary/aromatic N) is 3. The third kappa shape index (κ3) is 15.4. The highest BCUT2D eigenvalue weighted by Gasteiger charge is 2.13. The number of anilines is 3. The summed E-state index contributed by atoms with van der Waals surface area (Å²) < 4.78 is 9.42. The number of halogens is 3. The van der Waals surface area contributed by atoms with Crippen molar-refractivity contribution in [1.29, 1.82) is 0 Å². The average Bonchev–Trinajstić information content (AvgIpc) is 4.43. The first-order valence-corrected chi connectivity index (χ1v) is 29.3. The predicted octanol–water partition coefficient (Wildman–Crippen LogP) is 17.4. The molecule has 0 unspecified atom stereocenters. The topological polar surface area (TPSA) is 196 Å². The fraction of sp³-hybridized carbons (Fsp3) is 0.0615. The number of aldehydes is 1. The van der Waals surface area contributed by atoms with Crippen LogP contribution in [-0.2, 0) is 22.6 Å². The number of nitrogens with two attached hydrogens (primary N) is 1. The number of aromatic nitrogens is 3. The van der Waals surface area contributed by atoms with Crippen molar-refractivity contribution in [2.75, 3.05) is 30.6 Å². The molecular formula is C65H49Cl3N6O7S3. The molecule has 0 aliphatic rings. The van der Waals surface area contributed by atoms with Gasteiger partial charge in [-0.15, -0.1) is 34.0 Å². The van der Waals surface area contributed by atoms with E-state index in [1.807, 2.05) is 156 Å². The van der Waals surface area contributed by atoms with Crippen molar-refractivity contribution in [3.05, 3.63) is 245 Å². The number of carbonyl (C=O) groups is 4. The van der Waals surface area contributed by atoms with Crippen molar-refractivity contribution in [3.63, 3.8) is 0 Å². The molecule has 0 spiro atoms. The van der Waals surface area contributed by atoms with Crippen LogP contribution in [0.2, 0.25) is 15.1 Å². The van der Waals surface area contributed by atoms with E-state index in [2.05, 4.69) is 36.4 Å². The minimum Gasteiger partial charge on any atom is -0.478 e. The van der Waals surface area contributed by atoms with Gasteiger partial charge in [-0.2, -0.15) is 0 Å². The molecule has 0 aliphatic carbocycles. The summed E-state index contributed by atoms with van der Waals surface area (Å²) >= 11 is 23.0. The molecule has 13 nitrogen and oxygen atoms in total. The number of hydrogen-bond acceptors (Lipinski definition) is 15. The number of esters is 2. The van der Waals surface area contributed by atoms with Crippen molar-refractivity contribution in [2.45, 2.75) is 13.1 Å². The van der Waals surface area contributed by atoms with Gasteiger partial charge in [-0.25, -0.2) is 29.3 Å². The van der Waals surface area contributed by atoms with Crippen LogP contribution < -0.4 is 16.4 Å². The summed E-state index contributed by atoms with van der Waals surface area (Å²) in [6.07, 6.45) is 0.741. The molecule has 19 heteroatoms. The summed E-state index contributed by atoms with van der Waals surface area (Å²) in [6, 6.07) is 56.3. The number of ether oxygens (including phenoxy) is 2. The molecule has 9 aromatic carbocycles. The van der Waals surface area contributed by atoms with Crippen molar-refractivity contribution >= 4 is 142 Å². The molecule has 0 amide bonds. The van der Waals surface area contributed by atoms with Gasteiger partial charge in [0.15, 0.2) is 11.3 Å². The molecule has 12 rings (SSSR count). The summed E-state index contributed by atoms with van der Waals surface area (Å²) in [5.74, 6) is -1.58. The molecule has 12 aromatic rings. The second-order valence-corrected chi connectivity index (χ2v) is 22.2. The molecular weight excluding hydrogens is 1180 g/mol. The summed E-state index contributed by atoms with van der Waals surface area (Å²) in [5, 5.41) is 32.1. The maximum Gasteiger partial charge on any atom is 0.337 e. The van der Waals surface area contributed by atoms with E-state index in [0.29, 0.717) is 50.0 Å². The number of aromatic carboxylic acids is 1. The van der Waals surface area contributed by atoms with Gasteiger partial charge in [0.05, 0.1) is 61.1 Å². The smallest absolute Gasteiger partial charge is 0.337 e. The maximum absolute atomic E-state index is 11.7. The first kappa shape index (κ1) is 59.6. The van der Waals surface area contributed by atoms with Crippen LogP contribution in [0.1, 0.15) is 50.9 Å². The Kier molecular flexibility index (Phi) is 20.1. The molecule has 3 aromatic heterocycles. The second-order valence-electron chi connectivity index (χ2n) is 18.3. The van der Waals surface area contributed by atoms with E-state index in [1.165, 1.54) is 25.6 Å². The third-order valence-corrected chi connectivity index (χ3v) is 16.2. The summed E-state index contributed by atoms with van der Waals surface area (Å²) in [5.41, 5.74) is 15.0. The third-order valence-electron chi connectivity index (χ3n) is 12.7. The number of nitrogens with one attached hydrogen (secondary N) is 2. The Bertz CT molecular complexity index is 4340. The van der Waals surface area contributed by atoms with E-state index >= 15 is 0 Å². The van der Waals surface area contributed by atoms with Crippen LogP contribution in [-0.4, -0.2) is 58.5 Å². The van der Waals surface area contributed by atoms with E-state index < -0.39 is 5.97 Å². The zero-order valence-corrected chi connectivity index (χ0v) is 49.4. The van der Waals surface area contributed by atoms with Gasteiger partial charge in [0, 0.05) is 65.0 Å². The van der Waals surface area contributed by atoms with E-state index in [9.17, 15) is 19.2 Å². The van der Waals surface area contributed by atoms with E-state index in [-0.39, 0.29) is 17.5 Å². The number of carboxylic acid groups (broad SMARTS) is 1. The van der Waals surface area contributed by atoms with Crippen molar-refractivity contribution in [2.24, 2.45) is 0 Å². The number of carbonyl (C=O) groups excluding carboxylic acids is 3. The Labute approximate surface area is 509 Å². The number of methoxy groups -OCH3 is 2. The lowest BCUT2D eigenvalue weighted by atomic mass is 10.1. The SMILES string of the molecule is COC(=O)c1ccc2cc(N)ccc2c1.COC(=O)c1ccc2cc(NCc3nc(-c4ccccc4Cl)cs3)ccc2c1.O=C(O)c1ccc2cc(NCc3nc(-c4ccccc4Cl)cs3)ccc2c1.O=Cc1nc(-c2ccccc2Cl)cs1. The number of thiazole rings is 3. The number of fused-ring (bicyclic) bond motifs is 3. The largest absolute Gasteiger partial charge is 0.478 e. The summed E-state index contributed by atoms with van der Waals surface area (Å²) in [7, 11) is 2.75. The first-order chi connectivity index (χ1) is 40.7. The number of carboxylic acids is 1. The Balaban J connectivity index is 0.000000140. The summed E-state index contributed by atoms with van der Waals surface area (Å²) in [4.78, 5) is 57.9. The number of benzene rings is 9. The quantitative estimate of drug-likeness (QED) is 0.0484. The van der Waals surface area contributed by atoms with Crippen LogP contribution in [0.15, 0.2) is 198 Å². The molecule has 0 atom stereocenters. The average molecular weight is 1230 g/mol. The van der Waals surface area contributed by atoms with Crippen LogP contribution >= 0.6 is 68.8 Å². The maximum atomic E-state index is 11.7. The molecule has 0 radical (unpaired) electrons. The number of nitrogen functional groups attached to an aromatic ring is 1. The molecule has 0 aliphatic heterocycles. The zero-order valence-electron chi connectivity index (χ0n) is 44.7. The van der Waals surface area contributed by atoms with E-state index in [1.54, 1.807) is 59.1 Å². The Morgan fingerprint density at radius 2 is 0.857 bits per heavy atom. The standard InChI is InChI=1S/C22H17ClN2O2S.C21H15ClN2O2S.C12H11NO2.C10H6ClNOS/c1-27-22(26)16-7-6-15-11-17(9-8-14(15)10-16)24-12-21-25-20(13-28-21)18-4-2-3-5-19(18)23;22-18-4-2-1-3-17(18)19-12-27-20(24-19)11-23-16-8-7-13-9-15(21(25)26)6-5-14(13)10-16;1-15-12(14)10-3-2-9-7-11(13)5-4-8(9)6-10;11-8-4-2-1-3-7(8)9-6-14-10(5-13)12-9/h2-11,13,24H,12H2,1H3;1-10,12,23H,11H2,(H,25,26);2-7H,13H2,1H3;1-6H. The van der Waals surface area contributed by atoms with Crippen LogP contribution in [0.25, 0.3) is 66.1 Å². The lowest BCUT2D eigenvalue weighted by molar-refractivity contribution is 0.0592. The fourth-order valence-corrected chi connectivity index (χ4v) is 11.2. The highest BCUT2D eigenvalue weighted by Crippen LogP contribution is 2.32. The minimum atomic E-state index is -0.919. The van der Waals surface area contributed by atoms with Gasteiger partial charge in [-0.1, -0.05) is 126 Å². The first-order valence-electron chi connectivity index (χ1n) is 25.5. The molecule has 0 saturated heterocycles. The molecule has 5 N–H and O–H groups in total. The minimum absolute atomic E-state index is 0.290. The molecule has 3 heterocycles. The Morgan fingerprint density at radius 1 is 0.488 bits per heavy atom. The Morgan fingerprint density at radius 3 is 1.27 bits per heavy atom. The van der Waals surface area contributed by atoms with Crippen molar-refractivity contribution in [1.82, 2.24) is 15.0 Å². The van der Waals surface area contributed by atoms with Crippen molar-refractivity contribution < 1.29 is 33.8 Å². The number of rotatable bonds is 13. The lowest BCUT2D eigenvalue weighted by Gasteiger charge is -2.07. The highest BCUT2D eigenvalue weighted by molar-refractivity contribution is 7.11. The lowest BCUT2D eigenvalue weighted by Crippen LogP contribution is -2.01. The van der Waals surface area contributed by atoms with Crippen molar-refractivity contribution in [3.8, 4) is 33.8 Å². The van der Waals surface area contributed by atoms with Gasteiger partial charge in [-0.05, 0) is 123 Å². The van der Waals surface area contributed by atoms with Gasteiger partial charge in [0.25, 0.3) is 0 Å². The molecule has 0 saturated carbocycles. The molecule has 0 fully saturated rings. The monoisotopic (exact) mass is 1230 g/mol. The molecule has 420 valence electrons. The van der Waals surface area contributed by atoms with E-state index in [4.69, 9.17) is 50.4 Å². The summed E-state index contributed by atoms with van der Waals surface area (Å²) in [6.45, 7) is 1.23.